The Labute approximate surface area is 166 Å². The molecule has 0 spiro atoms. The number of nitrogens with zero attached hydrogens (tertiary/aromatic N) is 1. The normalized spacial score (nSPS) is 17.6. The molecule has 1 nitrogen and oxygen atoms in total. The van der Waals surface area contributed by atoms with E-state index in [2.05, 4.69) is 57.9 Å². The Kier molecular flexibility index (Phi) is 7.41. The predicted molar refractivity (Wildman–Crippen MR) is 116 cm³/mol. The highest BCUT2D eigenvalue weighted by Crippen LogP contribution is 2.32. The van der Waals surface area contributed by atoms with Gasteiger partial charge in [0.15, 0.2) is 0 Å². The van der Waals surface area contributed by atoms with E-state index in [1.54, 1.807) is 0 Å². The third-order valence-corrected chi connectivity index (χ3v) is 5.94. The number of hydrogen-bond donors (Lipinski definition) is 0. The Balaban J connectivity index is 1.88. The molecule has 1 aliphatic rings. The minimum atomic E-state index is 0.137. The molecule has 0 N–H and O–H groups in total. The van der Waals surface area contributed by atoms with Crippen molar-refractivity contribution < 1.29 is 0 Å². The number of halogens is 1. The van der Waals surface area contributed by atoms with Crippen LogP contribution in [0.4, 0.5) is 0 Å². The standard InChI is InChI=1S/C24H36ClN/c1-7-18(2)8-9-19(3)26-15-14-20(17-26)10-11-21-12-13-22(25)16-23(21)24(4,5)6/h12-13,16,20H,2-3,7-11,14-15,17H2,1,4-6H3. The molecule has 1 atom stereocenters. The van der Waals surface area contributed by atoms with Gasteiger partial charge in [0.05, 0.1) is 0 Å². The van der Waals surface area contributed by atoms with Gasteiger partial charge in [0, 0.05) is 23.8 Å². The second kappa shape index (κ2) is 9.13. The number of aryl methyl sites for hydroxylation is 1. The molecule has 144 valence electrons. The summed E-state index contributed by atoms with van der Waals surface area (Å²) in [5, 5.41) is 0.843. The van der Waals surface area contributed by atoms with Crippen molar-refractivity contribution in [1.82, 2.24) is 4.90 Å². The van der Waals surface area contributed by atoms with Gasteiger partial charge < -0.3 is 4.90 Å². The average Bonchev–Trinajstić information content (AvgIpc) is 3.06. The molecule has 1 fully saturated rings. The predicted octanol–water partition coefficient (Wildman–Crippen LogP) is 7.15. The Morgan fingerprint density at radius 2 is 1.96 bits per heavy atom. The quantitative estimate of drug-likeness (QED) is 0.437. The van der Waals surface area contributed by atoms with Crippen LogP contribution in [0, 0.1) is 5.92 Å². The first kappa shape index (κ1) is 21.1. The second-order valence-electron chi connectivity index (χ2n) is 8.86. The van der Waals surface area contributed by atoms with Gasteiger partial charge in [0.25, 0.3) is 0 Å². The van der Waals surface area contributed by atoms with Gasteiger partial charge in [0.2, 0.25) is 0 Å². The molecule has 1 aromatic rings. The van der Waals surface area contributed by atoms with Crippen LogP contribution < -0.4 is 0 Å². The zero-order valence-electron chi connectivity index (χ0n) is 17.2. The van der Waals surface area contributed by atoms with Crippen LogP contribution in [0.1, 0.15) is 70.9 Å². The van der Waals surface area contributed by atoms with Crippen LogP contribution in [-0.2, 0) is 11.8 Å². The van der Waals surface area contributed by atoms with Gasteiger partial charge in [0.1, 0.15) is 0 Å². The SMILES string of the molecule is C=C(CC)CCC(=C)N1CCC(CCc2ccc(Cl)cc2C(C)(C)C)C1. The fraction of sp³-hybridized carbons (Fsp3) is 0.583. The fourth-order valence-corrected chi connectivity index (χ4v) is 4.01. The molecular formula is C24H36ClN. The number of benzene rings is 1. The van der Waals surface area contributed by atoms with E-state index < -0.39 is 0 Å². The molecule has 1 aliphatic heterocycles. The van der Waals surface area contributed by atoms with E-state index in [1.807, 2.05) is 6.07 Å². The molecule has 0 bridgehead atoms. The summed E-state index contributed by atoms with van der Waals surface area (Å²) in [6.45, 7) is 19.8. The Morgan fingerprint density at radius 3 is 2.62 bits per heavy atom. The molecule has 1 unspecified atom stereocenters. The third-order valence-electron chi connectivity index (χ3n) is 5.70. The van der Waals surface area contributed by atoms with E-state index in [0.29, 0.717) is 0 Å². The summed E-state index contributed by atoms with van der Waals surface area (Å²) in [5.41, 5.74) is 5.61. The minimum Gasteiger partial charge on any atom is -0.375 e. The van der Waals surface area contributed by atoms with Gasteiger partial charge in [-0.05, 0) is 73.1 Å². The molecular weight excluding hydrogens is 338 g/mol. The molecule has 1 heterocycles. The highest BCUT2D eigenvalue weighted by atomic mass is 35.5. The van der Waals surface area contributed by atoms with E-state index in [-0.39, 0.29) is 5.41 Å². The zero-order chi connectivity index (χ0) is 19.3. The monoisotopic (exact) mass is 373 g/mol. The molecule has 1 aromatic carbocycles. The molecule has 26 heavy (non-hydrogen) atoms. The second-order valence-corrected chi connectivity index (χ2v) is 9.30. The molecule has 0 amide bonds. The molecule has 1 saturated heterocycles. The minimum absolute atomic E-state index is 0.137. The van der Waals surface area contributed by atoms with Crippen LogP contribution >= 0.6 is 11.6 Å². The highest BCUT2D eigenvalue weighted by Gasteiger charge is 2.24. The van der Waals surface area contributed by atoms with Gasteiger partial charge in [-0.25, -0.2) is 0 Å². The third kappa shape index (κ3) is 5.91. The van der Waals surface area contributed by atoms with Crippen LogP contribution in [0.5, 0.6) is 0 Å². The molecule has 0 aliphatic carbocycles. The van der Waals surface area contributed by atoms with Crippen LogP contribution in [0.15, 0.2) is 42.6 Å². The first-order chi connectivity index (χ1) is 12.2. The maximum Gasteiger partial charge on any atom is 0.0409 e. The largest absolute Gasteiger partial charge is 0.375 e. The lowest BCUT2D eigenvalue weighted by atomic mass is 9.82. The summed E-state index contributed by atoms with van der Waals surface area (Å²) >= 11 is 6.24. The van der Waals surface area contributed by atoms with Crippen molar-refractivity contribution in [3.05, 3.63) is 58.8 Å². The van der Waals surface area contributed by atoms with Crippen molar-refractivity contribution in [3.63, 3.8) is 0 Å². The molecule has 0 saturated carbocycles. The summed E-state index contributed by atoms with van der Waals surface area (Å²) in [4.78, 5) is 2.50. The lowest BCUT2D eigenvalue weighted by Gasteiger charge is -2.24. The van der Waals surface area contributed by atoms with Crippen molar-refractivity contribution in [2.45, 2.75) is 71.6 Å². The summed E-state index contributed by atoms with van der Waals surface area (Å²) < 4.78 is 0. The summed E-state index contributed by atoms with van der Waals surface area (Å²) in [6.07, 6.45) is 6.89. The molecule has 0 aromatic heterocycles. The van der Waals surface area contributed by atoms with Crippen molar-refractivity contribution in [2.24, 2.45) is 5.92 Å². The maximum atomic E-state index is 6.24. The van der Waals surface area contributed by atoms with E-state index in [1.165, 1.54) is 35.2 Å². The average molecular weight is 374 g/mol. The number of rotatable bonds is 8. The molecule has 2 rings (SSSR count). The van der Waals surface area contributed by atoms with Crippen LogP contribution in [0.3, 0.4) is 0 Å². The fourth-order valence-electron chi connectivity index (χ4n) is 3.84. The number of hydrogen-bond acceptors (Lipinski definition) is 1. The van der Waals surface area contributed by atoms with Crippen molar-refractivity contribution >= 4 is 11.6 Å². The first-order valence-electron chi connectivity index (χ1n) is 10.1. The Morgan fingerprint density at radius 1 is 1.23 bits per heavy atom. The number of likely N-dealkylation sites (tertiary alicyclic amines) is 1. The van der Waals surface area contributed by atoms with Gasteiger partial charge in [-0.3, -0.25) is 0 Å². The van der Waals surface area contributed by atoms with E-state index >= 15 is 0 Å². The van der Waals surface area contributed by atoms with Gasteiger partial charge >= 0.3 is 0 Å². The lowest BCUT2D eigenvalue weighted by molar-refractivity contribution is 0.383. The van der Waals surface area contributed by atoms with Crippen molar-refractivity contribution in [2.75, 3.05) is 13.1 Å². The summed E-state index contributed by atoms with van der Waals surface area (Å²) in [6, 6.07) is 6.42. The molecule has 0 radical (unpaired) electrons. The van der Waals surface area contributed by atoms with Crippen LogP contribution in [0.25, 0.3) is 0 Å². The van der Waals surface area contributed by atoms with Gasteiger partial charge in [-0.1, -0.05) is 64.1 Å². The lowest BCUT2D eigenvalue weighted by Crippen LogP contribution is -2.20. The van der Waals surface area contributed by atoms with Crippen molar-refractivity contribution in [3.8, 4) is 0 Å². The molecule has 2 heteroatoms. The van der Waals surface area contributed by atoms with Gasteiger partial charge in [-0.2, -0.15) is 0 Å². The highest BCUT2D eigenvalue weighted by molar-refractivity contribution is 6.30. The first-order valence-corrected chi connectivity index (χ1v) is 10.5. The van der Waals surface area contributed by atoms with E-state index in [0.717, 1.165) is 49.7 Å². The summed E-state index contributed by atoms with van der Waals surface area (Å²) in [5.74, 6) is 0.768. The smallest absolute Gasteiger partial charge is 0.0409 e. The van der Waals surface area contributed by atoms with E-state index in [4.69, 9.17) is 11.6 Å². The van der Waals surface area contributed by atoms with Crippen LogP contribution in [-0.4, -0.2) is 18.0 Å². The van der Waals surface area contributed by atoms with Gasteiger partial charge in [-0.15, -0.1) is 0 Å². The Bertz CT molecular complexity index is 638. The number of allylic oxidation sites excluding steroid dienone is 2. The Hall–Kier alpha value is -1.21. The zero-order valence-corrected chi connectivity index (χ0v) is 18.0. The summed E-state index contributed by atoms with van der Waals surface area (Å²) in [7, 11) is 0. The van der Waals surface area contributed by atoms with Crippen molar-refractivity contribution in [1.29, 1.82) is 0 Å². The van der Waals surface area contributed by atoms with E-state index in [9.17, 15) is 0 Å². The van der Waals surface area contributed by atoms with Crippen LogP contribution in [0.2, 0.25) is 5.02 Å². The maximum absolute atomic E-state index is 6.24. The topological polar surface area (TPSA) is 3.24 Å².